The minimum absolute atomic E-state index is 0.125. The smallest absolute Gasteiger partial charge is 0.224 e. The van der Waals surface area contributed by atoms with Gasteiger partial charge in [0.2, 0.25) is 5.91 Å². The van der Waals surface area contributed by atoms with Gasteiger partial charge < -0.3 is 15.4 Å². The van der Waals surface area contributed by atoms with Crippen LogP contribution in [0, 0.1) is 19.8 Å². The molecule has 2 fully saturated rings. The van der Waals surface area contributed by atoms with Crippen molar-refractivity contribution in [3.63, 3.8) is 0 Å². The Morgan fingerprint density at radius 3 is 2.59 bits per heavy atom. The monoisotopic (exact) mass is 302 g/mol. The van der Waals surface area contributed by atoms with E-state index >= 15 is 0 Å². The van der Waals surface area contributed by atoms with Crippen molar-refractivity contribution in [2.45, 2.75) is 58.0 Å². The van der Waals surface area contributed by atoms with Gasteiger partial charge in [-0.2, -0.15) is 0 Å². The van der Waals surface area contributed by atoms with Crippen LogP contribution in [0.3, 0.4) is 0 Å². The molecule has 4 heteroatoms. The van der Waals surface area contributed by atoms with E-state index in [1.54, 1.807) is 7.11 Å². The van der Waals surface area contributed by atoms with Crippen molar-refractivity contribution in [3.8, 4) is 5.75 Å². The maximum atomic E-state index is 12.4. The van der Waals surface area contributed by atoms with Gasteiger partial charge in [0, 0.05) is 29.8 Å². The van der Waals surface area contributed by atoms with Gasteiger partial charge in [-0.15, -0.1) is 0 Å². The number of carbonyl (C=O) groups is 1. The molecule has 2 heterocycles. The third-order valence-corrected chi connectivity index (χ3v) is 5.13. The number of aryl methyl sites for hydroxylation is 1. The molecule has 1 amide bonds. The van der Waals surface area contributed by atoms with Crippen LogP contribution in [0.2, 0.25) is 0 Å². The molecule has 1 aromatic rings. The molecule has 120 valence electrons. The molecular weight excluding hydrogens is 276 g/mol. The summed E-state index contributed by atoms with van der Waals surface area (Å²) in [5, 5.41) is 6.70. The number of fused-ring (bicyclic) bond motifs is 2. The summed E-state index contributed by atoms with van der Waals surface area (Å²) in [5.74, 6) is 1.50. The summed E-state index contributed by atoms with van der Waals surface area (Å²) in [7, 11) is 1.67. The van der Waals surface area contributed by atoms with Crippen LogP contribution in [0.4, 0.5) is 5.69 Å². The van der Waals surface area contributed by atoms with E-state index in [1.165, 1.54) is 12.8 Å². The Morgan fingerprint density at radius 1 is 1.27 bits per heavy atom. The number of methoxy groups -OCH3 is 1. The summed E-state index contributed by atoms with van der Waals surface area (Å²) in [6.45, 7) is 4.01. The second-order valence-electron chi connectivity index (χ2n) is 6.82. The van der Waals surface area contributed by atoms with Gasteiger partial charge in [-0.25, -0.2) is 0 Å². The summed E-state index contributed by atoms with van der Waals surface area (Å²) < 4.78 is 5.42. The van der Waals surface area contributed by atoms with Crippen molar-refractivity contribution in [1.82, 2.24) is 5.32 Å². The summed E-state index contributed by atoms with van der Waals surface area (Å²) >= 11 is 0. The third kappa shape index (κ3) is 3.12. The molecule has 0 spiro atoms. The van der Waals surface area contributed by atoms with Crippen LogP contribution in [0.15, 0.2) is 12.1 Å². The van der Waals surface area contributed by atoms with Gasteiger partial charge in [-0.3, -0.25) is 4.79 Å². The Hall–Kier alpha value is -1.55. The van der Waals surface area contributed by atoms with E-state index in [9.17, 15) is 4.79 Å². The van der Waals surface area contributed by atoms with Gasteiger partial charge in [-0.1, -0.05) is 6.07 Å². The van der Waals surface area contributed by atoms with Gasteiger partial charge in [-0.05, 0) is 57.1 Å². The normalized spacial score (nSPS) is 26.8. The van der Waals surface area contributed by atoms with Crippen LogP contribution >= 0.6 is 0 Å². The molecule has 2 unspecified atom stereocenters. The summed E-state index contributed by atoms with van der Waals surface area (Å²) in [6, 6.07) is 5.24. The lowest BCUT2D eigenvalue weighted by Crippen LogP contribution is -2.39. The number of nitrogens with one attached hydrogen (secondary N) is 2. The van der Waals surface area contributed by atoms with Gasteiger partial charge in [0.25, 0.3) is 0 Å². The average molecular weight is 302 g/mol. The minimum Gasteiger partial charge on any atom is -0.496 e. The molecule has 0 aliphatic carbocycles. The number of hydrogen-bond acceptors (Lipinski definition) is 3. The van der Waals surface area contributed by atoms with Crippen LogP contribution in [-0.4, -0.2) is 25.1 Å². The standard InChI is InChI=1S/C18H26N2O2/c1-11-4-7-16(12(2)18(11)22-3)20-17(21)10-13-8-14-5-6-15(9-13)19-14/h4,7,13-15,19H,5-6,8-10H2,1-3H3,(H,20,21). The lowest BCUT2D eigenvalue weighted by molar-refractivity contribution is -0.117. The molecule has 2 aliphatic heterocycles. The maximum absolute atomic E-state index is 12.4. The SMILES string of the molecule is COc1c(C)ccc(NC(=O)CC2CC3CCC(C2)N3)c1C. The Bertz CT molecular complexity index is 558. The number of ether oxygens (including phenoxy) is 1. The first-order chi connectivity index (χ1) is 10.6. The number of anilines is 1. The second-order valence-corrected chi connectivity index (χ2v) is 6.82. The van der Waals surface area contributed by atoms with Crippen LogP contribution in [-0.2, 0) is 4.79 Å². The first-order valence-electron chi connectivity index (χ1n) is 8.27. The fraction of sp³-hybridized carbons (Fsp3) is 0.611. The zero-order chi connectivity index (χ0) is 15.7. The molecule has 2 bridgehead atoms. The molecule has 0 radical (unpaired) electrons. The van der Waals surface area contributed by atoms with Crippen LogP contribution in [0.25, 0.3) is 0 Å². The van der Waals surface area contributed by atoms with Crippen molar-refractivity contribution in [1.29, 1.82) is 0 Å². The van der Waals surface area contributed by atoms with Crippen LogP contribution < -0.4 is 15.4 Å². The molecular formula is C18H26N2O2. The highest BCUT2D eigenvalue weighted by atomic mass is 16.5. The predicted molar refractivity (Wildman–Crippen MR) is 88.4 cm³/mol. The zero-order valence-electron chi connectivity index (χ0n) is 13.7. The fourth-order valence-electron chi connectivity index (χ4n) is 4.08. The Balaban J connectivity index is 1.62. The molecule has 0 saturated carbocycles. The van der Waals surface area contributed by atoms with Gasteiger partial charge in [0.1, 0.15) is 5.75 Å². The van der Waals surface area contributed by atoms with E-state index in [2.05, 4.69) is 10.6 Å². The summed E-state index contributed by atoms with van der Waals surface area (Å²) in [5.41, 5.74) is 2.96. The van der Waals surface area contributed by atoms with Crippen molar-refractivity contribution in [2.75, 3.05) is 12.4 Å². The highest BCUT2D eigenvalue weighted by Crippen LogP contribution is 2.33. The van der Waals surface area contributed by atoms with Crippen molar-refractivity contribution in [3.05, 3.63) is 23.3 Å². The number of amides is 1. The van der Waals surface area contributed by atoms with E-state index < -0.39 is 0 Å². The number of carbonyl (C=O) groups excluding carboxylic acids is 1. The van der Waals surface area contributed by atoms with E-state index in [1.807, 2.05) is 26.0 Å². The number of hydrogen-bond donors (Lipinski definition) is 2. The minimum atomic E-state index is 0.125. The number of rotatable bonds is 4. The molecule has 1 aromatic carbocycles. The van der Waals surface area contributed by atoms with E-state index in [0.717, 1.165) is 35.4 Å². The second kappa shape index (κ2) is 6.29. The zero-order valence-corrected chi connectivity index (χ0v) is 13.7. The lowest BCUT2D eigenvalue weighted by atomic mass is 9.89. The van der Waals surface area contributed by atoms with Crippen molar-refractivity contribution >= 4 is 11.6 Å². The summed E-state index contributed by atoms with van der Waals surface area (Å²) in [4.78, 5) is 12.4. The number of piperidine rings is 1. The highest BCUT2D eigenvalue weighted by molar-refractivity contribution is 5.92. The molecule has 2 saturated heterocycles. The molecule has 2 atom stereocenters. The highest BCUT2D eigenvalue weighted by Gasteiger charge is 2.34. The molecule has 3 rings (SSSR count). The van der Waals surface area contributed by atoms with E-state index in [4.69, 9.17) is 4.74 Å². The van der Waals surface area contributed by atoms with Gasteiger partial charge in [0.05, 0.1) is 7.11 Å². The Kier molecular flexibility index (Phi) is 4.39. The Labute approximate surface area is 132 Å². The first-order valence-corrected chi connectivity index (χ1v) is 8.27. The van der Waals surface area contributed by atoms with Gasteiger partial charge in [0.15, 0.2) is 0 Å². The number of benzene rings is 1. The molecule has 2 aliphatic rings. The first kappa shape index (κ1) is 15.3. The van der Waals surface area contributed by atoms with Crippen molar-refractivity contribution < 1.29 is 9.53 Å². The average Bonchev–Trinajstić information content (AvgIpc) is 2.82. The molecule has 22 heavy (non-hydrogen) atoms. The van der Waals surface area contributed by atoms with Crippen LogP contribution in [0.5, 0.6) is 5.75 Å². The van der Waals surface area contributed by atoms with E-state index in [0.29, 0.717) is 24.4 Å². The van der Waals surface area contributed by atoms with Crippen molar-refractivity contribution in [2.24, 2.45) is 5.92 Å². The summed E-state index contributed by atoms with van der Waals surface area (Å²) in [6.07, 6.45) is 5.46. The lowest BCUT2D eigenvalue weighted by Gasteiger charge is -2.28. The molecule has 0 aromatic heterocycles. The molecule has 2 N–H and O–H groups in total. The predicted octanol–water partition coefficient (Wildman–Crippen LogP) is 3.17. The fourth-order valence-corrected chi connectivity index (χ4v) is 4.08. The topological polar surface area (TPSA) is 50.4 Å². The molecule has 4 nitrogen and oxygen atoms in total. The van der Waals surface area contributed by atoms with Crippen LogP contribution in [0.1, 0.15) is 43.2 Å². The van der Waals surface area contributed by atoms with Gasteiger partial charge >= 0.3 is 0 Å². The maximum Gasteiger partial charge on any atom is 0.224 e. The third-order valence-electron chi connectivity index (χ3n) is 5.13. The quantitative estimate of drug-likeness (QED) is 0.898. The largest absolute Gasteiger partial charge is 0.496 e. The van der Waals surface area contributed by atoms with E-state index in [-0.39, 0.29) is 5.91 Å². The Morgan fingerprint density at radius 2 is 1.95 bits per heavy atom.